The monoisotopic (exact) mass is 386 g/mol. The minimum Gasteiger partial charge on any atom is -0.466 e. The molecule has 1 saturated heterocycles. The number of nitrogens with one attached hydrogen (secondary N) is 1. The fraction of sp³-hybridized carbons (Fsp3) is 0.320. The van der Waals surface area contributed by atoms with Crippen LogP contribution in [0.2, 0.25) is 0 Å². The molecular formula is C25H26N2O2. The molecule has 5 rings (SSSR count). The molecule has 0 spiro atoms. The minimum atomic E-state index is -0.617. The van der Waals surface area contributed by atoms with E-state index >= 15 is 0 Å². The summed E-state index contributed by atoms with van der Waals surface area (Å²) in [5.41, 5.74) is 2.54. The average Bonchev–Trinajstić information content (AvgIpc) is 3.44. The van der Waals surface area contributed by atoms with E-state index in [2.05, 4.69) is 34.5 Å². The molecular weight excluding hydrogens is 360 g/mol. The van der Waals surface area contributed by atoms with E-state index in [-0.39, 0.29) is 11.8 Å². The van der Waals surface area contributed by atoms with Gasteiger partial charge in [-0.2, -0.15) is 0 Å². The largest absolute Gasteiger partial charge is 0.466 e. The van der Waals surface area contributed by atoms with E-state index in [1.54, 1.807) is 0 Å². The molecule has 29 heavy (non-hydrogen) atoms. The molecule has 3 heterocycles. The molecule has 1 unspecified atom stereocenters. The summed E-state index contributed by atoms with van der Waals surface area (Å²) in [5, 5.41) is 3.17. The molecule has 2 aromatic carbocycles. The van der Waals surface area contributed by atoms with E-state index in [0.717, 1.165) is 60.8 Å². The van der Waals surface area contributed by atoms with Crippen molar-refractivity contribution in [2.45, 2.75) is 25.2 Å². The Kier molecular flexibility index (Phi) is 4.51. The van der Waals surface area contributed by atoms with Crippen molar-refractivity contribution in [3.8, 4) is 0 Å². The molecule has 2 aliphatic rings. The number of amides is 1. The third-order valence-corrected chi connectivity index (χ3v) is 6.54. The van der Waals surface area contributed by atoms with Gasteiger partial charge in [0, 0.05) is 25.2 Å². The maximum Gasteiger partial charge on any atom is 0.239 e. The van der Waals surface area contributed by atoms with Crippen LogP contribution in [0.3, 0.4) is 0 Å². The van der Waals surface area contributed by atoms with Crippen molar-refractivity contribution in [1.82, 2.24) is 4.90 Å². The molecule has 0 bridgehead atoms. The molecule has 2 aliphatic heterocycles. The number of rotatable bonds is 5. The zero-order chi connectivity index (χ0) is 19.8. The molecule has 0 radical (unpaired) electrons. The molecule has 4 nitrogen and oxygen atoms in total. The molecule has 148 valence electrons. The molecule has 4 heteroatoms. The Balaban J connectivity index is 1.45. The van der Waals surface area contributed by atoms with Gasteiger partial charge in [-0.1, -0.05) is 48.5 Å². The van der Waals surface area contributed by atoms with Crippen LogP contribution in [0.25, 0.3) is 0 Å². The number of para-hydroxylation sites is 1. The molecule has 1 aromatic heterocycles. The highest BCUT2D eigenvalue weighted by atomic mass is 16.3. The molecule has 2 atom stereocenters. The van der Waals surface area contributed by atoms with Crippen LogP contribution < -0.4 is 5.32 Å². The van der Waals surface area contributed by atoms with Crippen LogP contribution >= 0.6 is 0 Å². The Hall–Kier alpha value is -2.85. The van der Waals surface area contributed by atoms with E-state index in [9.17, 15) is 4.79 Å². The number of hydrogen-bond acceptors (Lipinski definition) is 3. The van der Waals surface area contributed by atoms with Gasteiger partial charge in [0.1, 0.15) is 16.9 Å². The Bertz CT molecular complexity index is 1030. The van der Waals surface area contributed by atoms with Crippen LogP contribution in [-0.2, 0) is 16.6 Å². The number of carbonyl (C=O) groups is 1. The third kappa shape index (κ3) is 2.99. The van der Waals surface area contributed by atoms with Crippen molar-refractivity contribution < 1.29 is 9.21 Å². The number of hydrogen-bond donors (Lipinski definition) is 1. The van der Waals surface area contributed by atoms with Crippen molar-refractivity contribution in [2.24, 2.45) is 5.92 Å². The highest BCUT2D eigenvalue weighted by molar-refractivity contribution is 6.09. The van der Waals surface area contributed by atoms with Gasteiger partial charge in [-0.15, -0.1) is 0 Å². The maximum absolute atomic E-state index is 13.5. The molecule has 3 aromatic rings. The second-order valence-corrected chi connectivity index (χ2v) is 8.22. The fourth-order valence-corrected chi connectivity index (χ4v) is 5.18. The molecule has 0 aliphatic carbocycles. The smallest absolute Gasteiger partial charge is 0.239 e. The Morgan fingerprint density at radius 2 is 1.86 bits per heavy atom. The highest BCUT2D eigenvalue weighted by Gasteiger charge is 2.54. The molecule has 1 fully saturated rings. The van der Waals surface area contributed by atoms with Gasteiger partial charge in [0.05, 0.1) is 0 Å². The zero-order valence-electron chi connectivity index (χ0n) is 16.7. The fourth-order valence-electron chi connectivity index (χ4n) is 5.18. The van der Waals surface area contributed by atoms with Gasteiger partial charge in [0.15, 0.2) is 0 Å². The number of benzene rings is 2. The lowest BCUT2D eigenvalue weighted by Crippen LogP contribution is -2.44. The topological polar surface area (TPSA) is 45.5 Å². The van der Waals surface area contributed by atoms with Crippen molar-refractivity contribution in [3.05, 3.63) is 89.4 Å². The summed E-state index contributed by atoms with van der Waals surface area (Å²) in [4.78, 5) is 16.0. The number of nitrogens with zero attached hydrogens (tertiary/aromatic N) is 1. The lowest BCUT2D eigenvalue weighted by molar-refractivity contribution is -0.121. The van der Waals surface area contributed by atoms with Crippen molar-refractivity contribution in [1.29, 1.82) is 0 Å². The van der Waals surface area contributed by atoms with Gasteiger partial charge in [0.2, 0.25) is 5.91 Å². The first-order valence-corrected chi connectivity index (χ1v) is 10.4. The van der Waals surface area contributed by atoms with Gasteiger partial charge in [-0.25, -0.2) is 0 Å². The lowest BCUT2D eigenvalue weighted by atomic mass is 9.66. The van der Waals surface area contributed by atoms with Gasteiger partial charge in [-0.3, -0.25) is 4.79 Å². The Morgan fingerprint density at radius 1 is 1.07 bits per heavy atom. The van der Waals surface area contributed by atoms with Gasteiger partial charge < -0.3 is 14.6 Å². The quantitative estimate of drug-likeness (QED) is 0.707. The second kappa shape index (κ2) is 7.20. The first-order chi connectivity index (χ1) is 14.2. The van der Waals surface area contributed by atoms with Gasteiger partial charge >= 0.3 is 0 Å². The summed E-state index contributed by atoms with van der Waals surface area (Å²) in [7, 11) is 0. The maximum atomic E-state index is 13.5. The summed E-state index contributed by atoms with van der Waals surface area (Å²) >= 11 is 0. The first kappa shape index (κ1) is 18.2. The Morgan fingerprint density at radius 3 is 2.66 bits per heavy atom. The van der Waals surface area contributed by atoms with E-state index in [0.29, 0.717) is 0 Å². The number of aryl methyl sites for hydroxylation is 1. The molecule has 1 amide bonds. The van der Waals surface area contributed by atoms with Gasteiger partial charge in [-0.05, 0) is 55.1 Å². The van der Waals surface area contributed by atoms with Crippen molar-refractivity contribution in [2.75, 3.05) is 25.0 Å². The summed E-state index contributed by atoms with van der Waals surface area (Å²) in [5.74, 6) is 2.35. The summed E-state index contributed by atoms with van der Waals surface area (Å²) < 4.78 is 5.73. The molecule has 1 N–H and O–H groups in total. The first-order valence-electron chi connectivity index (χ1n) is 10.4. The van der Waals surface area contributed by atoms with Crippen LogP contribution in [0, 0.1) is 12.8 Å². The van der Waals surface area contributed by atoms with Crippen LogP contribution in [0.5, 0.6) is 0 Å². The van der Waals surface area contributed by atoms with Crippen LogP contribution in [-0.4, -0.2) is 30.4 Å². The van der Waals surface area contributed by atoms with E-state index < -0.39 is 5.41 Å². The third-order valence-electron chi connectivity index (χ3n) is 6.54. The number of carbonyl (C=O) groups excluding carboxylic acids is 1. The van der Waals surface area contributed by atoms with Crippen LogP contribution in [0.4, 0.5) is 5.69 Å². The van der Waals surface area contributed by atoms with Crippen LogP contribution in [0.1, 0.15) is 29.1 Å². The number of likely N-dealkylation sites (tertiary alicyclic amines) is 1. The minimum absolute atomic E-state index is 0.110. The predicted molar refractivity (Wildman–Crippen MR) is 114 cm³/mol. The average molecular weight is 386 g/mol. The van der Waals surface area contributed by atoms with Gasteiger partial charge in [0.25, 0.3) is 0 Å². The second-order valence-electron chi connectivity index (χ2n) is 8.22. The normalized spacial score (nSPS) is 23.9. The molecule has 0 saturated carbocycles. The summed E-state index contributed by atoms with van der Waals surface area (Å²) in [6, 6.07) is 22.6. The predicted octanol–water partition coefficient (Wildman–Crippen LogP) is 4.39. The van der Waals surface area contributed by atoms with E-state index in [1.807, 2.05) is 49.4 Å². The number of furan rings is 1. The van der Waals surface area contributed by atoms with Crippen LogP contribution in [0.15, 0.2) is 71.1 Å². The standard InChI is InChI=1S/C25H26N2O2/c1-18-11-12-21(29-18)14-16-27-15-13-20(17-27)25(19-7-3-2-4-8-19)22-9-5-6-10-23(22)26-24(25)28/h2-12,20H,13-17H2,1H3,(H,26,28)/t20-,25?/m1/s1. The van der Waals surface area contributed by atoms with E-state index in [4.69, 9.17) is 4.42 Å². The highest BCUT2D eigenvalue weighted by Crippen LogP contribution is 2.50. The Labute approximate surface area is 171 Å². The van der Waals surface area contributed by atoms with E-state index in [1.165, 1.54) is 0 Å². The van der Waals surface area contributed by atoms with Crippen molar-refractivity contribution >= 4 is 11.6 Å². The zero-order valence-corrected chi connectivity index (χ0v) is 16.7. The summed E-state index contributed by atoms with van der Waals surface area (Å²) in [6.07, 6.45) is 1.91. The lowest BCUT2D eigenvalue weighted by Gasteiger charge is -2.34. The SMILES string of the molecule is Cc1ccc(CCN2CC[C@@H](C3(c4ccccc4)C(=O)Nc4ccccc43)C2)o1. The number of anilines is 1. The summed E-state index contributed by atoms with van der Waals surface area (Å²) in [6.45, 7) is 4.86. The number of fused-ring (bicyclic) bond motifs is 1. The van der Waals surface area contributed by atoms with Crippen molar-refractivity contribution in [3.63, 3.8) is 0 Å².